The fraction of sp³-hybridized carbons (Fsp3) is 0.0952. The summed E-state index contributed by atoms with van der Waals surface area (Å²) in [7, 11) is 0. The van der Waals surface area contributed by atoms with Crippen LogP contribution in [0.5, 0.6) is 0 Å². The van der Waals surface area contributed by atoms with E-state index in [1.54, 1.807) is 24.3 Å². The van der Waals surface area contributed by atoms with E-state index in [1.165, 1.54) is 0 Å². The Kier molecular flexibility index (Phi) is 4.87. The van der Waals surface area contributed by atoms with Crippen LogP contribution in [0, 0.1) is 11.3 Å². The van der Waals surface area contributed by atoms with Crippen LogP contribution in [0.2, 0.25) is 0 Å². The normalized spacial score (nSPS) is 11.4. The Bertz CT molecular complexity index is 929. The first kappa shape index (κ1) is 16.4. The molecule has 0 radical (unpaired) electrons. The molecule has 0 fully saturated rings. The lowest BCUT2D eigenvalue weighted by molar-refractivity contribution is -0.705. The molecule has 0 bridgehead atoms. The molecule has 4 nitrogen and oxygen atoms in total. The van der Waals surface area contributed by atoms with E-state index in [0.29, 0.717) is 11.3 Å². The highest BCUT2D eigenvalue weighted by atomic mass is 16.2. The molecule has 1 aromatic heterocycles. The van der Waals surface area contributed by atoms with E-state index < -0.39 is 0 Å². The first-order chi connectivity index (χ1) is 12.2. The van der Waals surface area contributed by atoms with Gasteiger partial charge in [0.15, 0.2) is 12.4 Å². The van der Waals surface area contributed by atoms with E-state index in [9.17, 15) is 4.79 Å². The predicted octanol–water partition coefficient (Wildman–Crippen LogP) is 3.71. The molecule has 0 unspecified atom stereocenters. The average molecular weight is 328 g/mol. The number of nitrogens with one attached hydrogen (secondary N) is 1. The van der Waals surface area contributed by atoms with Gasteiger partial charge in [0.1, 0.15) is 0 Å². The molecular weight excluding hydrogens is 310 g/mol. The van der Waals surface area contributed by atoms with Crippen LogP contribution in [0.4, 0.5) is 5.69 Å². The van der Waals surface area contributed by atoms with E-state index in [1.807, 2.05) is 66.3 Å². The molecule has 0 saturated heterocycles. The minimum absolute atomic E-state index is 0.134. The van der Waals surface area contributed by atoms with Crippen molar-refractivity contribution in [2.45, 2.75) is 13.0 Å². The predicted molar refractivity (Wildman–Crippen MR) is 96.6 cm³/mol. The van der Waals surface area contributed by atoms with Crippen LogP contribution < -0.4 is 9.88 Å². The molecule has 3 rings (SSSR count). The molecule has 25 heavy (non-hydrogen) atoms. The monoisotopic (exact) mass is 328 g/mol. The van der Waals surface area contributed by atoms with Crippen molar-refractivity contribution >= 4 is 11.6 Å². The van der Waals surface area contributed by atoms with Crippen molar-refractivity contribution in [3.8, 4) is 17.2 Å². The Balaban J connectivity index is 1.79. The zero-order chi connectivity index (χ0) is 17.6. The molecule has 1 heterocycles. The summed E-state index contributed by atoms with van der Waals surface area (Å²) in [5.41, 5.74) is 3.29. The summed E-state index contributed by atoms with van der Waals surface area (Å²) in [6.07, 6.45) is 3.84. The Hall–Kier alpha value is -3.45. The molecule has 1 N–H and O–H groups in total. The van der Waals surface area contributed by atoms with Gasteiger partial charge in [0.05, 0.1) is 11.6 Å². The van der Waals surface area contributed by atoms with Gasteiger partial charge in [0.2, 0.25) is 6.04 Å². The average Bonchev–Trinajstić information content (AvgIpc) is 2.68. The fourth-order valence-corrected chi connectivity index (χ4v) is 2.58. The topological polar surface area (TPSA) is 56.8 Å². The maximum atomic E-state index is 12.5. The highest BCUT2D eigenvalue weighted by Crippen LogP contribution is 2.17. The number of hydrogen-bond acceptors (Lipinski definition) is 2. The number of nitriles is 1. The molecule has 0 saturated carbocycles. The number of carbonyl (C=O) groups is 1. The van der Waals surface area contributed by atoms with Crippen molar-refractivity contribution in [2.24, 2.45) is 0 Å². The summed E-state index contributed by atoms with van der Waals surface area (Å²) in [5, 5.41) is 11.8. The number of nitrogens with zero attached hydrogens (tertiary/aromatic N) is 2. The Morgan fingerprint density at radius 3 is 2.56 bits per heavy atom. The van der Waals surface area contributed by atoms with Crippen LogP contribution in [0.15, 0.2) is 79.1 Å². The summed E-state index contributed by atoms with van der Waals surface area (Å²) < 4.78 is 1.88. The van der Waals surface area contributed by atoms with Crippen molar-refractivity contribution < 1.29 is 9.36 Å². The maximum absolute atomic E-state index is 12.5. The minimum atomic E-state index is -0.380. The van der Waals surface area contributed by atoms with Gasteiger partial charge in [-0.2, -0.15) is 9.83 Å². The van der Waals surface area contributed by atoms with E-state index in [-0.39, 0.29) is 11.9 Å². The van der Waals surface area contributed by atoms with Gasteiger partial charge in [-0.05, 0) is 29.8 Å². The van der Waals surface area contributed by atoms with Crippen molar-refractivity contribution in [2.75, 3.05) is 5.32 Å². The van der Waals surface area contributed by atoms with E-state index in [0.717, 1.165) is 11.1 Å². The number of anilines is 1. The molecule has 1 atom stereocenters. The molecule has 4 heteroatoms. The largest absolute Gasteiger partial charge is 0.320 e. The van der Waals surface area contributed by atoms with Gasteiger partial charge in [-0.25, -0.2) is 0 Å². The fourth-order valence-electron chi connectivity index (χ4n) is 2.58. The SMILES string of the molecule is C[C@@H](C(=O)Nc1cccc(C#N)c1)[n+]1cccc(-c2ccccc2)c1. The summed E-state index contributed by atoms with van der Waals surface area (Å²) in [6, 6.07) is 22.6. The summed E-state index contributed by atoms with van der Waals surface area (Å²) >= 11 is 0. The summed E-state index contributed by atoms with van der Waals surface area (Å²) in [5.74, 6) is -0.134. The standard InChI is InChI=1S/C21H17N3O/c1-16(21(25)23-20-11-5-7-17(13-20)14-22)24-12-6-10-19(15-24)18-8-3-2-4-9-18/h2-13,15-16H,1H3/p+1/t16-/m0/s1. The van der Waals surface area contributed by atoms with Crippen LogP contribution in [0.1, 0.15) is 18.5 Å². The molecule has 0 spiro atoms. The van der Waals surface area contributed by atoms with Gasteiger partial charge >= 0.3 is 0 Å². The van der Waals surface area contributed by atoms with E-state index in [2.05, 4.69) is 11.4 Å². The molecule has 0 aliphatic heterocycles. The quantitative estimate of drug-likeness (QED) is 0.742. The van der Waals surface area contributed by atoms with Gasteiger partial charge in [-0.15, -0.1) is 0 Å². The third-order valence-corrected chi connectivity index (χ3v) is 4.02. The zero-order valence-corrected chi connectivity index (χ0v) is 13.9. The van der Waals surface area contributed by atoms with Crippen LogP contribution in [-0.4, -0.2) is 5.91 Å². The number of benzene rings is 2. The van der Waals surface area contributed by atoms with Crippen molar-refractivity contribution in [3.05, 3.63) is 84.7 Å². The molecular formula is C21H18N3O+. The highest BCUT2D eigenvalue weighted by Gasteiger charge is 2.22. The van der Waals surface area contributed by atoms with E-state index >= 15 is 0 Å². The smallest absolute Gasteiger partial charge is 0.293 e. The Morgan fingerprint density at radius 2 is 1.80 bits per heavy atom. The second kappa shape index (κ2) is 7.41. The second-order valence-electron chi connectivity index (χ2n) is 5.76. The lowest BCUT2D eigenvalue weighted by atomic mass is 10.1. The molecule has 2 aromatic carbocycles. The van der Waals surface area contributed by atoms with Crippen LogP contribution in [0.25, 0.3) is 11.1 Å². The molecule has 0 aliphatic rings. The zero-order valence-electron chi connectivity index (χ0n) is 13.9. The number of carbonyl (C=O) groups excluding carboxylic acids is 1. The number of pyridine rings is 1. The number of aromatic nitrogens is 1. The van der Waals surface area contributed by atoms with Crippen LogP contribution >= 0.6 is 0 Å². The molecule has 1 amide bonds. The number of rotatable bonds is 4. The minimum Gasteiger partial charge on any atom is -0.320 e. The van der Waals surface area contributed by atoms with Crippen LogP contribution in [0.3, 0.4) is 0 Å². The van der Waals surface area contributed by atoms with Gasteiger partial charge < -0.3 is 5.32 Å². The summed E-state index contributed by atoms with van der Waals surface area (Å²) in [6.45, 7) is 1.85. The third-order valence-electron chi connectivity index (χ3n) is 4.02. The molecule has 122 valence electrons. The Labute approximate surface area is 147 Å². The molecule has 3 aromatic rings. The van der Waals surface area contributed by atoms with Gasteiger partial charge in [0, 0.05) is 24.2 Å². The highest BCUT2D eigenvalue weighted by molar-refractivity contribution is 5.92. The summed E-state index contributed by atoms with van der Waals surface area (Å²) in [4.78, 5) is 12.5. The van der Waals surface area contributed by atoms with E-state index in [4.69, 9.17) is 5.26 Å². The first-order valence-corrected chi connectivity index (χ1v) is 8.04. The third kappa shape index (κ3) is 3.91. The van der Waals surface area contributed by atoms with Gasteiger partial charge in [-0.1, -0.05) is 36.4 Å². The van der Waals surface area contributed by atoms with Crippen molar-refractivity contribution in [1.82, 2.24) is 0 Å². The van der Waals surface area contributed by atoms with Gasteiger partial charge in [-0.3, -0.25) is 4.79 Å². The number of amides is 1. The lowest BCUT2D eigenvalue weighted by Gasteiger charge is -2.10. The maximum Gasteiger partial charge on any atom is 0.293 e. The van der Waals surface area contributed by atoms with Crippen molar-refractivity contribution in [3.63, 3.8) is 0 Å². The van der Waals surface area contributed by atoms with Crippen LogP contribution in [-0.2, 0) is 4.79 Å². The van der Waals surface area contributed by atoms with Gasteiger partial charge in [0.25, 0.3) is 5.91 Å². The Morgan fingerprint density at radius 1 is 1.04 bits per heavy atom. The molecule has 0 aliphatic carbocycles. The second-order valence-corrected chi connectivity index (χ2v) is 5.76. The number of hydrogen-bond donors (Lipinski definition) is 1. The lowest BCUT2D eigenvalue weighted by Crippen LogP contribution is -2.44. The first-order valence-electron chi connectivity index (χ1n) is 8.04. The van der Waals surface area contributed by atoms with Crippen molar-refractivity contribution in [1.29, 1.82) is 5.26 Å².